The first kappa shape index (κ1) is 15.7. The Labute approximate surface area is 135 Å². The van der Waals surface area contributed by atoms with Gasteiger partial charge in [0.1, 0.15) is 5.69 Å². The van der Waals surface area contributed by atoms with E-state index in [2.05, 4.69) is 15.4 Å². The standard InChI is InChI=1S/C15H22N6O2/c1-2-23-12-13-10-21(18-17-13)14-4-8-19(11-14)15(22)5-9-20-7-3-6-16-20/h3,6-7,10,14H,2,4-5,8-9,11-12H2,1H3. The average Bonchev–Trinajstić information content (AvgIpc) is 3.31. The maximum absolute atomic E-state index is 12.3. The number of hydrogen-bond acceptors (Lipinski definition) is 5. The molecule has 1 fully saturated rings. The fraction of sp³-hybridized carbons (Fsp3) is 0.600. The molecule has 0 N–H and O–H groups in total. The first-order valence-electron chi connectivity index (χ1n) is 8.00. The molecular formula is C15H22N6O2. The van der Waals surface area contributed by atoms with Gasteiger partial charge in [0.25, 0.3) is 0 Å². The van der Waals surface area contributed by atoms with Crippen molar-refractivity contribution < 1.29 is 9.53 Å². The van der Waals surface area contributed by atoms with Gasteiger partial charge in [0.2, 0.25) is 5.91 Å². The molecule has 8 heteroatoms. The van der Waals surface area contributed by atoms with Crippen LogP contribution in [0.25, 0.3) is 0 Å². The lowest BCUT2D eigenvalue weighted by atomic mass is 10.3. The SMILES string of the molecule is CCOCc1cn(C2CCN(C(=O)CCn3cccn3)C2)nn1. The molecule has 0 radical (unpaired) electrons. The minimum atomic E-state index is 0.164. The van der Waals surface area contributed by atoms with Gasteiger partial charge in [-0.05, 0) is 19.4 Å². The Kier molecular flexibility index (Phi) is 5.02. The Balaban J connectivity index is 1.49. The number of likely N-dealkylation sites (tertiary alicyclic amines) is 1. The maximum atomic E-state index is 12.3. The van der Waals surface area contributed by atoms with Crippen molar-refractivity contribution >= 4 is 5.91 Å². The molecule has 1 amide bonds. The molecule has 0 bridgehead atoms. The van der Waals surface area contributed by atoms with Crippen LogP contribution >= 0.6 is 0 Å². The molecule has 2 aromatic heterocycles. The number of aryl methyl sites for hydroxylation is 1. The van der Waals surface area contributed by atoms with Gasteiger partial charge >= 0.3 is 0 Å². The van der Waals surface area contributed by atoms with Crippen LogP contribution in [0.4, 0.5) is 0 Å². The van der Waals surface area contributed by atoms with Crippen molar-refractivity contribution in [2.75, 3.05) is 19.7 Å². The first-order valence-corrected chi connectivity index (χ1v) is 8.00. The minimum Gasteiger partial charge on any atom is -0.375 e. The Hall–Kier alpha value is -2.22. The molecule has 1 unspecified atom stereocenters. The zero-order valence-electron chi connectivity index (χ0n) is 13.3. The number of rotatable bonds is 7. The zero-order chi connectivity index (χ0) is 16.1. The van der Waals surface area contributed by atoms with E-state index in [1.165, 1.54) is 0 Å². The predicted molar refractivity (Wildman–Crippen MR) is 82.4 cm³/mol. The number of carbonyl (C=O) groups is 1. The molecule has 23 heavy (non-hydrogen) atoms. The molecule has 1 atom stereocenters. The van der Waals surface area contributed by atoms with Gasteiger partial charge in [0.05, 0.1) is 18.8 Å². The molecule has 3 rings (SSSR count). The van der Waals surface area contributed by atoms with Crippen LogP contribution in [0.3, 0.4) is 0 Å². The fourth-order valence-corrected chi connectivity index (χ4v) is 2.75. The van der Waals surface area contributed by atoms with Crippen molar-refractivity contribution in [1.82, 2.24) is 29.7 Å². The largest absolute Gasteiger partial charge is 0.375 e. The first-order chi connectivity index (χ1) is 11.3. The molecule has 0 saturated carbocycles. The summed E-state index contributed by atoms with van der Waals surface area (Å²) in [7, 11) is 0. The molecule has 3 heterocycles. The normalized spacial score (nSPS) is 17.8. The number of hydrogen-bond donors (Lipinski definition) is 0. The molecular weight excluding hydrogens is 296 g/mol. The number of amides is 1. The lowest BCUT2D eigenvalue weighted by Gasteiger charge is -2.16. The van der Waals surface area contributed by atoms with E-state index in [-0.39, 0.29) is 11.9 Å². The third-order valence-corrected chi connectivity index (χ3v) is 4.02. The molecule has 0 aliphatic carbocycles. The fourth-order valence-electron chi connectivity index (χ4n) is 2.75. The van der Waals surface area contributed by atoms with Crippen LogP contribution in [0.2, 0.25) is 0 Å². The van der Waals surface area contributed by atoms with Crippen molar-refractivity contribution in [2.45, 2.75) is 39.0 Å². The molecule has 0 spiro atoms. The lowest BCUT2D eigenvalue weighted by molar-refractivity contribution is -0.130. The third-order valence-electron chi connectivity index (χ3n) is 4.02. The lowest BCUT2D eigenvalue weighted by Crippen LogP contribution is -2.30. The van der Waals surface area contributed by atoms with E-state index >= 15 is 0 Å². The molecule has 124 valence electrons. The Morgan fingerprint density at radius 2 is 2.39 bits per heavy atom. The van der Waals surface area contributed by atoms with Gasteiger partial charge < -0.3 is 9.64 Å². The second kappa shape index (κ2) is 7.36. The molecule has 1 aliphatic heterocycles. The summed E-state index contributed by atoms with van der Waals surface area (Å²) < 4.78 is 8.97. The summed E-state index contributed by atoms with van der Waals surface area (Å²) in [6.45, 7) is 5.17. The Bertz CT molecular complexity index is 624. The van der Waals surface area contributed by atoms with Crippen LogP contribution in [0.15, 0.2) is 24.7 Å². The van der Waals surface area contributed by atoms with Crippen LogP contribution < -0.4 is 0 Å². The highest BCUT2D eigenvalue weighted by molar-refractivity contribution is 5.76. The molecule has 2 aromatic rings. The third kappa shape index (κ3) is 3.95. The van der Waals surface area contributed by atoms with Crippen molar-refractivity contribution in [2.24, 2.45) is 0 Å². The van der Waals surface area contributed by atoms with Gasteiger partial charge in [0.15, 0.2) is 0 Å². The van der Waals surface area contributed by atoms with E-state index in [0.29, 0.717) is 32.7 Å². The topological polar surface area (TPSA) is 78.1 Å². The van der Waals surface area contributed by atoms with Gasteiger partial charge in [0, 0.05) is 45.1 Å². The summed E-state index contributed by atoms with van der Waals surface area (Å²) in [6, 6.07) is 2.06. The van der Waals surface area contributed by atoms with Gasteiger partial charge in [-0.1, -0.05) is 5.21 Å². The van der Waals surface area contributed by atoms with E-state index in [0.717, 1.165) is 18.7 Å². The van der Waals surface area contributed by atoms with Crippen molar-refractivity contribution in [3.05, 3.63) is 30.4 Å². The van der Waals surface area contributed by atoms with E-state index in [1.54, 1.807) is 10.9 Å². The molecule has 1 aliphatic rings. The second-order valence-corrected chi connectivity index (χ2v) is 5.63. The predicted octanol–water partition coefficient (Wildman–Crippen LogP) is 0.875. The summed E-state index contributed by atoms with van der Waals surface area (Å²) in [4.78, 5) is 14.2. The molecule has 0 aromatic carbocycles. The van der Waals surface area contributed by atoms with Gasteiger partial charge in [-0.3, -0.25) is 9.48 Å². The van der Waals surface area contributed by atoms with Crippen molar-refractivity contribution in [1.29, 1.82) is 0 Å². The highest BCUT2D eigenvalue weighted by atomic mass is 16.5. The number of nitrogens with zero attached hydrogens (tertiary/aromatic N) is 6. The summed E-state index contributed by atoms with van der Waals surface area (Å²) in [5.74, 6) is 0.164. The average molecular weight is 318 g/mol. The minimum absolute atomic E-state index is 0.164. The number of carbonyl (C=O) groups excluding carboxylic acids is 1. The van der Waals surface area contributed by atoms with E-state index in [4.69, 9.17) is 4.74 Å². The van der Waals surface area contributed by atoms with E-state index in [9.17, 15) is 4.79 Å². The monoisotopic (exact) mass is 318 g/mol. The van der Waals surface area contributed by atoms with Crippen molar-refractivity contribution in [3.8, 4) is 0 Å². The van der Waals surface area contributed by atoms with Crippen LogP contribution in [-0.4, -0.2) is 55.3 Å². The van der Waals surface area contributed by atoms with Crippen molar-refractivity contribution in [3.63, 3.8) is 0 Å². The van der Waals surface area contributed by atoms with E-state index < -0.39 is 0 Å². The summed E-state index contributed by atoms with van der Waals surface area (Å²) >= 11 is 0. The van der Waals surface area contributed by atoms with Gasteiger partial charge in [-0.2, -0.15) is 5.10 Å². The van der Waals surface area contributed by atoms with Gasteiger partial charge in [-0.25, -0.2) is 4.68 Å². The highest BCUT2D eigenvalue weighted by Gasteiger charge is 2.28. The zero-order valence-corrected chi connectivity index (χ0v) is 13.3. The van der Waals surface area contributed by atoms with Crippen LogP contribution in [0.1, 0.15) is 31.5 Å². The van der Waals surface area contributed by atoms with Gasteiger partial charge in [-0.15, -0.1) is 5.10 Å². The molecule has 8 nitrogen and oxygen atoms in total. The number of aromatic nitrogens is 5. The second-order valence-electron chi connectivity index (χ2n) is 5.63. The summed E-state index contributed by atoms with van der Waals surface area (Å²) in [6.07, 6.45) is 6.89. The van der Waals surface area contributed by atoms with Crippen LogP contribution in [0, 0.1) is 0 Å². The summed E-state index contributed by atoms with van der Waals surface area (Å²) in [5, 5.41) is 12.4. The van der Waals surface area contributed by atoms with Crippen LogP contribution in [0.5, 0.6) is 0 Å². The molecule has 1 saturated heterocycles. The number of ether oxygens (including phenoxy) is 1. The quantitative estimate of drug-likeness (QED) is 0.757. The van der Waals surface area contributed by atoms with Crippen LogP contribution in [-0.2, 0) is 22.7 Å². The highest BCUT2D eigenvalue weighted by Crippen LogP contribution is 2.21. The van der Waals surface area contributed by atoms with E-state index in [1.807, 2.05) is 35.0 Å². The smallest absolute Gasteiger partial charge is 0.224 e. The summed E-state index contributed by atoms with van der Waals surface area (Å²) in [5.41, 5.74) is 0.829. The maximum Gasteiger partial charge on any atom is 0.224 e. The Morgan fingerprint density at radius 3 is 3.17 bits per heavy atom. The Morgan fingerprint density at radius 1 is 1.48 bits per heavy atom.